The molecule has 24 heavy (non-hydrogen) atoms. The molecule has 2 aromatic heterocycles. The number of morpholine rings is 1. The van der Waals surface area contributed by atoms with Crippen molar-refractivity contribution < 1.29 is 4.74 Å². The van der Waals surface area contributed by atoms with E-state index in [1.165, 1.54) is 0 Å². The van der Waals surface area contributed by atoms with Crippen molar-refractivity contribution in [2.24, 2.45) is 0 Å². The third-order valence-electron chi connectivity index (χ3n) is 4.24. The van der Waals surface area contributed by atoms with Crippen LogP contribution in [0.5, 0.6) is 0 Å². The Labute approximate surface area is 141 Å². The number of hydrogen-bond acceptors (Lipinski definition) is 5. The Balaban J connectivity index is 1.84. The molecule has 0 N–H and O–H groups in total. The Morgan fingerprint density at radius 3 is 2.46 bits per heavy atom. The van der Waals surface area contributed by atoms with Crippen molar-refractivity contribution in [1.29, 1.82) is 0 Å². The van der Waals surface area contributed by atoms with Gasteiger partial charge in [0.05, 0.1) is 29.5 Å². The molecule has 0 amide bonds. The first kappa shape index (κ1) is 15.1. The van der Waals surface area contributed by atoms with E-state index in [0.717, 1.165) is 41.5 Å². The van der Waals surface area contributed by atoms with Crippen molar-refractivity contribution in [2.75, 3.05) is 18.0 Å². The Hall–Kier alpha value is -2.47. The number of para-hydroxylation sites is 1. The largest absolute Gasteiger partial charge is 0.372 e. The van der Waals surface area contributed by atoms with Crippen molar-refractivity contribution in [3.05, 3.63) is 42.4 Å². The number of aryl methyl sites for hydroxylation is 1. The first-order valence-electron chi connectivity index (χ1n) is 8.30. The van der Waals surface area contributed by atoms with Crippen LogP contribution in [0.2, 0.25) is 0 Å². The van der Waals surface area contributed by atoms with E-state index in [9.17, 15) is 0 Å². The topological polar surface area (TPSA) is 56.1 Å². The molecule has 3 aromatic rings. The number of nitrogens with zero attached hydrogens (tertiary/aromatic N) is 5. The van der Waals surface area contributed by atoms with Crippen molar-refractivity contribution in [1.82, 2.24) is 19.7 Å². The summed E-state index contributed by atoms with van der Waals surface area (Å²) >= 11 is 0. The minimum Gasteiger partial charge on any atom is -0.372 e. The van der Waals surface area contributed by atoms with E-state index >= 15 is 0 Å². The fraction of sp³-hybridized carbons (Fsp3) is 0.389. The quantitative estimate of drug-likeness (QED) is 0.726. The number of aromatic nitrogens is 4. The van der Waals surface area contributed by atoms with Crippen LogP contribution in [0.3, 0.4) is 0 Å². The van der Waals surface area contributed by atoms with E-state index in [1.54, 1.807) is 0 Å². The maximum Gasteiger partial charge on any atom is 0.168 e. The van der Waals surface area contributed by atoms with Gasteiger partial charge >= 0.3 is 0 Å². The summed E-state index contributed by atoms with van der Waals surface area (Å²) in [7, 11) is 0. The summed E-state index contributed by atoms with van der Waals surface area (Å²) in [6.45, 7) is 7.78. The lowest BCUT2D eigenvalue weighted by molar-refractivity contribution is -0.00538. The predicted molar refractivity (Wildman–Crippen MR) is 93.6 cm³/mol. The SMILES string of the molecule is Cc1nc(N2C[C@H](C)O[C@@H](C)C2)c2cnn(-c3ccccc3)c2n1. The van der Waals surface area contributed by atoms with E-state index in [-0.39, 0.29) is 12.2 Å². The minimum absolute atomic E-state index is 0.184. The summed E-state index contributed by atoms with van der Waals surface area (Å²) in [5.74, 6) is 1.70. The van der Waals surface area contributed by atoms with Gasteiger partial charge in [-0.15, -0.1) is 0 Å². The van der Waals surface area contributed by atoms with Crippen molar-refractivity contribution in [3.63, 3.8) is 0 Å². The van der Waals surface area contributed by atoms with Crippen LogP contribution in [-0.4, -0.2) is 45.0 Å². The van der Waals surface area contributed by atoms with Crippen molar-refractivity contribution in [3.8, 4) is 5.69 Å². The van der Waals surface area contributed by atoms with E-state index in [1.807, 2.05) is 48.1 Å². The van der Waals surface area contributed by atoms with Crippen LogP contribution in [0.4, 0.5) is 5.82 Å². The Morgan fingerprint density at radius 1 is 1.04 bits per heavy atom. The van der Waals surface area contributed by atoms with Gasteiger partial charge in [-0.3, -0.25) is 0 Å². The molecule has 2 atom stereocenters. The Bertz CT molecular complexity index is 850. The highest BCUT2D eigenvalue weighted by molar-refractivity contribution is 5.88. The molecule has 0 bridgehead atoms. The third kappa shape index (κ3) is 2.63. The van der Waals surface area contributed by atoms with Crippen LogP contribution in [0.25, 0.3) is 16.7 Å². The van der Waals surface area contributed by atoms with Gasteiger partial charge in [-0.1, -0.05) is 18.2 Å². The summed E-state index contributed by atoms with van der Waals surface area (Å²) in [4.78, 5) is 11.6. The summed E-state index contributed by atoms with van der Waals surface area (Å²) in [5, 5.41) is 5.53. The number of fused-ring (bicyclic) bond motifs is 1. The van der Waals surface area contributed by atoms with Gasteiger partial charge in [0.15, 0.2) is 5.65 Å². The molecule has 0 spiro atoms. The third-order valence-corrected chi connectivity index (χ3v) is 4.24. The second kappa shape index (κ2) is 5.87. The highest BCUT2D eigenvalue weighted by atomic mass is 16.5. The average Bonchev–Trinajstić information content (AvgIpc) is 2.97. The molecule has 124 valence electrons. The molecule has 0 aliphatic carbocycles. The Morgan fingerprint density at radius 2 is 1.75 bits per heavy atom. The number of rotatable bonds is 2. The molecule has 3 heterocycles. The van der Waals surface area contributed by atoms with E-state index in [2.05, 4.69) is 28.8 Å². The molecule has 0 radical (unpaired) electrons. The standard InChI is InChI=1S/C18H21N5O/c1-12-10-22(11-13(2)24-12)17-16-9-19-23(15-7-5-4-6-8-15)18(16)21-14(3)20-17/h4-9,12-13H,10-11H2,1-3H3/t12-,13-/m0/s1. The summed E-state index contributed by atoms with van der Waals surface area (Å²) in [6, 6.07) is 10.1. The number of anilines is 1. The minimum atomic E-state index is 0.184. The summed E-state index contributed by atoms with van der Waals surface area (Å²) in [6.07, 6.45) is 2.23. The molecular formula is C18H21N5O. The fourth-order valence-electron chi connectivity index (χ4n) is 3.35. The zero-order valence-corrected chi connectivity index (χ0v) is 14.2. The van der Waals surface area contributed by atoms with Crippen LogP contribution in [0, 0.1) is 6.92 Å². The number of benzene rings is 1. The van der Waals surface area contributed by atoms with Crippen molar-refractivity contribution >= 4 is 16.9 Å². The monoisotopic (exact) mass is 323 g/mol. The van der Waals surface area contributed by atoms with Crippen LogP contribution in [0.15, 0.2) is 36.5 Å². The molecule has 1 fully saturated rings. The second-order valence-corrected chi connectivity index (χ2v) is 6.39. The lowest BCUT2D eigenvalue weighted by Crippen LogP contribution is -2.46. The lowest BCUT2D eigenvalue weighted by atomic mass is 10.2. The van der Waals surface area contributed by atoms with Gasteiger partial charge in [-0.05, 0) is 32.9 Å². The molecule has 1 aliphatic heterocycles. The normalized spacial score (nSPS) is 21.4. The average molecular weight is 323 g/mol. The molecule has 1 saturated heterocycles. The van der Waals surface area contributed by atoms with Gasteiger partial charge < -0.3 is 9.64 Å². The van der Waals surface area contributed by atoms with Gasteiger partial charge in [-0.25, -0.2) is 14.6 Å². The molecule has 4 rings (SSSR count). The number of hydrogen-bond donors (Lipinski definition) is 0. The molecule has 6 heteroatoms. The zero-order chi connectivity index (χ0) is 16.7. The highest BCUT2D eigenvalue weighted by Gasteiger charge is 2.26. The molecule has 1 aliphatic rings. The van der Waals surface area contributed by atoms with Gasteiger partial charge in [0.2, 0.25) is 0 Å². The molecule has 6 nitrogen and oxygen atoms in total. The highest BCUT2D eigenvalue weighted by Crippen LogP contribution is 2.27. The molecular weight excluding hydrogens is 302 g/mol. The summed E-state index contributed by atoms with van der Waals surface area (Å²) < 4.78 is 7.72. The first-order valence-corrected chi connectivity index (χ1v) is 8.30. The first-order chi connectivity index (χ1) is 11.6. The van der Waals surface area contributed by atoms with Gasteiger partial charge in [0, 0.05) is 13.1 Å². The maximum atomic E-state index is 5.85. The van der Waals surface area contributed by atoms with Crippen LogP contribution in [-0.2, 0) is 4.74 Å². The van der Waals surface area contributed by atoms with E-state index < -0.39 is 0 Å². The lowest BCUT2D eigenvalue weighted by Gasteiger charge is -2.36. The van der Waals surface area contributed by atoms with E-state index in [0.29, 0.717) is 0 Å². The van der Waals surface area contributed by atoms with E-state index in [4.69, 9.17) is 9.72 Å². The zero-order valence-electron chi connectivity index (χ0n) is 14.2. The van der Waals surface area contributed by atoms with Gasteiger partial charge in [-0.2, -0.15) is 5.10 Å². The molecule has 0 saturated carbocycles. The summed E-state index contributed by atoms with van der Waals surface area (Å²) in [5.41, 5.74) is 1.84. The van der Waals surface area contributed by atoms with Crippen LogP contribution in [0.1, 0.15) is 19.7 Å². The molecule has 1 aromatic carbocycles. The predicted octanol–water partition coefficient (Wildman–Crippen LogP) is 2.74. The van der Waals surface area contributed by atoms with Crippen LogP contribution < -0.4 is 4.90 Å². The smallest absolute Gasteiger partial charge is 0.168 e. The van der Waals surface area contributed by atoms with Crippen molar-refractivity contribution in [2.45, 2.75) is 33.0 Å². The Kier molecular flexibility index (Phi) is 3.69. The number of ether oxygens (including phenoxy) is 1. The van der Waals surface area contributed by atoms with Gasteiger partial charge in [0.1, 0.15) is 11.6 Å². The van der Waals surface area contributed by atoms with Gasteiger partial charge in [0.25, 0.3) is 0 Å². The molecule has 0 unspecified atom stereocenters. The maximum absolute atomic E-state index is 5.85. The fourth-order valence-corrected chi connectivity index (χ4v) is 3.35. The van der Waals surface area contributed by atoms with Crippen LogP contribution >= 0.6 is 0 Å². The second-order valence-electron chi connectivity index (χ2n) is 6.39.